The molecule has 1 aliphatic rings. The van der Waals surface area contributed by atoms with Crippen molar-refractivity contribution in [1.82, 2.24) is 4.90 Å². The molecule has 0 saturated carbocycles. The number of carbonyl (C=O) groups excluding carboxylic acids is 1. The van der Waals surface area contributed by atoms with Crippen LogP contribution >= 0.6 is 11.6 Å². The Labute approximate surface area is 74.5 Å². The smallest absolute Gasteiger partial charge is 0.316 e. The summed E-state index contributed by atoms with van der Waals surface area (Å²) in [5, 5.41) is -0.641. The minimum atomic E-state index is -2.65. The fourth-order valence-corrected chi connectivity index (χ4v) is 1.40. The van der Waals surface area contributed by atoms with E-state index in [1.54, 1.807) is 0 Å². The number of carbonyl (C=O) groups is 1. The maximum atomic E-state index is 12.9. The van der Waals surface area contributed by atoms with E-state index in [-0.39, 0.29) is 19.5 Å². The van der Waals surface area contributed by atoms with Crippen LogP contribution in [0.1, 0.15) is 13.3 Å². The monoisotopic (exact) mass is 197 g/mol. The summed E-state index contributed by atoms with van der Waals surface area (Å²) in [5.41, 5.74) is 0. The summed E-state index contributed by atoms with van der Waals surface area (Å²) < 4.78 is 25.7. The summed E-state index contributed by atoms with van der Waals surface area (Å²) in [6, 6.07) is 0. The molecule has 70 valence electrons. The minimum Gasteiger partial charge on any atom is -0.329 e. The van der Waals surface area contributed by atoms with Crippen LogP contribution in [0.15, 0.2) is 0 Å². The SMILES string of the molecule is CC1CN(C(=O)Cl)CCC1(F)F. The van der Waals surface area contributed by atoms with Crippen molar-refractivity contribution in [2.45, 2.75) is 19.3 Å². The maximum absolute atomic E-state index is 12.9. The highest BCUT2D eigenvalue weighted by Gasteiger charge is 2.41. The number of amides is 1. The zero-order valence-electron chi connectivity index (χ0n) is 6.69. The molecule has 1 amide bonds. The van der Waals surface area contributed by atoms with Gasteiger partial charge in [0, 0.05) is 25.4 Å². The number of likely N-dealkylation sites (tertiary alicyclic amines) is 1. The van der Waals surface area contributed by atoms with Crippen LogP contribution in [-0.4, -0.2) is 29.3 Å². The molecule has 0 aliphatic carbocycles. The van der Waals surface area contributed by atoms with Crippen molar-refractivity contribution in [3.8, 4) is 0 Å². The molecule has 5 heteroatoms. The average Bonchev–Trinajstić information content (AvgIpc) is 1.94. The van der Waals surface area contributed by atoms with Gasteiger partial charge in [-0.2, -0.15) is 0 Å². The van der Waals surface area contributed by atoms with Gasteiger partial charge in [-0.05, 0) is 11.6 Å². The molecule has 1 saturated heterocycles. The summed E-state index contributed by atoms with van der Waals surface area (Å²) in [4.78, 5) is 11.8. The van der Waals surface area contributed by atoms with Gasteiger partial charge >= 0.3 is 5.37 Å². The first kappa shape index (κ1) is 9.71. The fourth-order valence-electron chi connectivity index (χ4n) is 1.25. The van der Waals surface area contributed by atoms with Crippen molar-refractivity contribution in [1.29, 1.82) is 0 Å². The van der Waals surface area contributed by atoms with Crippen LogP contribution in [0, 0.1) is 5.92 Å². The maximum Gasteiger partial charge on any atom is 0.316 e. The largest absolute Gasteiger partial charge is 0.329 e. The Bertz CT molecular complexity index is 198. The molecule has 0 bridgehead atoms. The minimum absolute atomic E-state index is 0.0509. The lowest BCUT2D eigenvalue weighted by molar-refractivity contribution is -0.0893. The van der Waals surface area contributed by atoms with Crippen LogP contribution in [0.3, 0.4) is 0 Å². The van der Waals surface area contributed by atoms with E-state index >= 15 is 0 Å². The van der Waals surface area contributed by atoms with Gasteiger partial charge in [-0.25, -0.2) is 8.78 Å². The lowest BCUT2D eigenvalue weighted by atomic mass is 9.96. The molecule has 0 spiro atoms. The van der Waals surface area contributed by atoms with Gasteiger partial charge in [0.1, 0.15) is 0 Å². The zero-order chi connectivity index (χ0) is 9.35. The van der Waals surface area contributed by atoms with E-state index in [1.165, 1.54) is 11.8 Å². The number of hydrogen-bond acceptors (Lipinski definition) is 1. The standard InChI is InChI=1S/C7H10ClF2NO/c1-5-4-11(6(8)12)3-2-7(5,9)10/h5H,2-4H2,1H3. The average molecular weight is 198 g/mol. The van der Waals surface area contributed by atoms with Gasteiger partial charge in [-0.3, -0.25) is 4.79 Å². The third-order valence-corrected chi connectivity index (χ3v) is 2.42. The number of piperidine rings is 1. The van der Waals surface area contributed by atoms with Crippen LogP contribution < -0.4 is 0 Å². The summed E-state index contributed by atoms with van der Waals surface area (Å²) in [5.74, 6) is -3.45. The van der Waals surface area contributed by atoms with Gasteiger partial charge in [0.25, 0.3) is 5.92 Å². The van der Waals surface area contributed by atoms with Gasteiger partial charge in [-0.15, -0.1) is 0 Å². The number of rotatable bonds is 0. The Morgan fingerprint density at radius 3 is 2.67 bits per heavy atom. The van der Waals surface area contributed by atoms with Crippen molar-refractivity contribution in [2.24, 2.45) is 5.92 Å². The molecule has 0 N–H and O–H groups in total. The molecule has 1 fully saturated rings. The van der Waals surface area contributed by atoms with E-state index in [2.05, 4.69) is 0 Å². The van der Waals surface area contributed by atoms with E-state index in [0.29, 0.717) is 0 Å². The van der Waals surface area contributed by atoms with E-state index in [1.807, 2.05) is 0 Å². The van der Waals surface area contributed by atoms with E-state index in [0.717, 1.165) is 0 Å². The van der Waals surface area contributed by atoms with E-state index < -0.39 is 17.2 Å². The lowest BCUT2D eigenvalue weighted by Crippen LogP contribution is -2.46. The highest BCUT2D eigenvalue weighted by Crippen LogP contribution is 2.33. The third-order valence-electron chi connectivity index (χ3n) is 2.18. The van der Waals surface area contributed by atoms with Gasteiger partial charge in [-0.1, -0.05) is 6.92 Å². The number of alkyl halides is 2. The van der Waals surface area contributed by atoms with Crippen molar-refractivity contribution in [3.05, 3.63) is 0 Å². The molecule has 0 radical (unpaired) electrons. The van der Waals surface area contributed by atoms with Crippen molar-refractivity contribution in [3.63, 3.8) is 0 Å². The second-order valence-corrected chi connectivity index (χ2v) is 3.43. The topological polar surface area (TPSA) is 20.3 Å². The Balaban J connectivity index is 2.58. The van der Waals surface area contributed by atoms with Crippen molar-refractivity contribution >= 4 is 17.0 Å². The Morgan fingerprint density at radius 1 is 1.67 bits per heavy atom. The quantitative estimate of drug-likeness (QED) is 0.431. The molecule has 1 rings (SSSR count). The van der Waals surface area contributed by atoms with Gasteiger partial charge < -0.3 is 4.90 Å². The van der Waals surface area contributed by atoms with Crippen LogP contribution in [0.2, 0.25) is 0 Å². The predicted octanol–water partition coefficient (Wildman–Crippen LogP) is 2.32. The van der Waals surface area contributed by atoms with Gasteiger partial charge in [0.2, 0.25) is 0 Å². The Hall–Kier alpha value is -0.380. The van der Waals surface area contributed by atoms with E-state index in [4.69, 9.17) is 11.6 Å². The van der Waals surface area contributed by atoms with Crippen molar-refractivity contribution < 1.29 is 13.6 Å². The predicted molar refractivity (Wildman–Crippen MR) is 41.6 cm³/mol. The first-order valence-electron chi connectivity index (χ1n) is 3.75. The summed E-state index contributed by atoms with van der Waals surface area (Å²) in [6.45, 7) is 1.53. The molecule has 12 heavy (non-hydrogen) atoms. The van der Waals surface area contributed by atoms with Gasteiger partial charge in [0.05, 0.1) is 0 Å². The van der Waals surface area contributed by atoms with Crippen LogP contribution in [0.4, 0.5) is 13.6 Å². The molecule has 2 nitrogen and oxygen atoms in total. The molecular formula is C7H10ClF2NO. The summed E-state index contributed by atoms with van der Waals surface area (Å²) in [6.07, 6.45) is -0.285. The second-order valence-electron chi connectivity index (χ2n) is 3.11. The van der Waals surface area contributed by atoms with Gasteiger partial charge in [0.15, 0.2) is 0 Å². The van der Waals surface area contributed by atoms with Crippen LogP contribution in [0.25, 0.3) is 0 Å². The second kappa shape index (κ2) is 3.17. The molecule has 1 aliphatic heterocycles. The zero-order valence-corrected chi connectivity index (χ0v) is 7.44. The normalized spacial score (nSPS) is 28.7. The number of nitrogens with zero attached hydrogens (tertiary/aromatic N) is 1. The molecule has 0 aromatic heterocycles. The highest BCUT2D eigenvalue weighted by atomic mass is 35.5. The van der Waals surface area contributed by atoms with Crippen LogP contribution in [0.5, 0.6) is 0 Å². The molecule has 1 atom stereocenters. The molecular weight excluding hydrogens is 188 g/mol. The lowest BCUT2D eigenvalue weighted by Gasteiger charge is -2.35. The van der Waals surface area contributed by atoms with Crippen LogP contribution in [-0.2, 0) is 0 Å². The first-order valence-corrected chi connectivity index (χ1v) is 4.13. The Morgan fingerprint density at radius 2 is 2.25 bits per heavy atom. The van der Waals surface area contributed by atoms with E-state index in [9.17, 15) is 13.6 Å². The number of halogens is 3. The van der Waals surface area contributed by atoms with Crippen molar-refractivity contribution in [2.75, 3.05) is 13.1 Å². The molecule has 1 heterocycles. The molecule has 1 unspecified atom stereocenters. The Kier molecular flexibility index (Phi) is 2.56. The third kappa shape index (κ3) is 1.86. The number of hydrogen-bond donors (Lipinski definition) is 0. The first-order chi connectivity index (χ1) is 5.43. The summed E-state index contributed by atoms with van der Waals surface area (Å²) >= 11 is 5.16. The highest BCUT2D eigenvalue weighted by molar-refractivity contribution is 6.62. The fraction of sp³-hybridized carbons (Fsp3) is 0.857. The summed E-state index contributed by atoms with van der Waals surface area (Å²) in [7, 11) is 0. The molecule has 0 aromatic rings. The molecule has 0 aromatic carbocycles.